The van der Waals surface area contributed by atoms with Gasteiger partial charge in [0.1, 0.15) is 5.75 Å². The van der Waals surface area contributed by atoms with Gasteiger partial charge in [-0.15, -0.1) is 0 Å². The zero-order valence-electron chi connectivity index (χ0n) is 22.6. The smallest absolute Gasteiger partial charge is 0.185 e. The van der Waals surface area contributed by atoms with E-state index in [-0.39, 0.29) is 22.9 Å². The molecule has 0 aromatic heterocycles. The van der Waals surface area contributed by atoms with Gasteiger partial charge in [0.25, 0.3) is 0 Å². The maximum Gasteiger partial charge on any atom is 0.185 e. The fourth-order valence-electron chi connectivity index (χ4n) is 4.72. The predicted octanol–water partition coefficient (Wildman–Crippen LogP) is 6.92. The molecule has 0 bridgehead atoms. The molecule has 2 atom stereocenters. The second-order valence-corrected chi connectivity index (χ2v) is 12.4. The first-order valence-corrected chi connectivity index (χ1v) is 15.1. The van der Waals surface area contributed by atoms with Crippen LogP contribution in [-0.4, -0.2) is 39.5 Å². The first-order valence-electron chi connectivity index (χ1n) is 13.5. The summed E-state index contributed by atoms with van der Waals surface area (Å²) in [5.74, 6) is -1.06. The Balaban J connectivity index is 1.67. The SMILES string of the molecule is CC(C)=CCC/C(C)=C/CCC1=CC=C(C(=O)CS(=O)(=O)c2ccccc2)[C@@H](COC2CCCCO2)C1. The lowest BCUT2D eigenvalue weighted by Gasteiger charge is -2.28. The van der Waals surface area contributed by atoms with E-state index < -0.39 is 15.6 Å². The van der Waals surface area contributed by atoms with Gasteiger partial charge in [0.15, 0.2) is 21.9 Å². The van der Waals surface area contributed by atoms with Crippen LogP contribution in [0.15, 0.2) is 81.8 Å². The molecular formula is C31H42O5S. The highest BCUT2D eigenvalue weighted by Crippen LogP contribution is 2.31. The quantitative estimate of drug-likeness (QED) is 0.261. The second-order valence-electron chi connectivity index (χ2n) is 10.4. The van der Waals surface area contributed by atoms with Crippen molar-refractivity contribution >= 4 is 15.6 Å². The molecule has 0 radical (unpaired) electrons. The van der Waals surface area contributed by atoms with Crippen LogP contribution >= 0.6 is 0 Å². The van der Waals surface area contributed by atoms with E-state index in [0.29, 0.717) is 25.2 Å². The molecule has 2 aliphatic rings. The molecule has 1 aliphatic carbocycles. The minimum atomic E-state index is -3.71. The number of carbonyl (C=O) groups excluding carboxylic acids is 1. The molecule has 37 heavy (non-hydrogen) atoms. The number of carbonyl (C=O) groups is 1. The zero-order valence-corrected chi connectivity index (χ0v) is 23.4. The van der Waals surface area contributed by atoms with Gasteiger partial charge in [0.05, 0.1) is 11.5 Å². The van der Waals surface area contributed by atoms with E-state index in [4.69, 9.17) is 9.47 Å². The lowest BCUT2D eigenvalue weighted by Crippen LogP contribution is -2.29. The summed E-state index contributed by atoms with van der Waals surface area (Å²) in [6.07, 6.45) is 15.8. The molecule has 0 saturated carbocycles. The highest BCUT2D eigenvalue weighted by Gasteiger charge is 2.29. The minimum Gasteiger partial charge on any atom is -0.353 e. The summed E-state index contributed by atoms with van der Waals surface area (Å²) in [4.78, 5) is 13.4. The number of allylic oxidation sites excluding steroid dienone is 7. The van der Waals surface area contributed by atoms with Gasteiger partial charge in [-0.25, -0.2) is 8.42 Å². The number of ether oxygens (including phenoxy) is 2. The Kier molecular flexibility index (Phi) is 11.6. The summed E-state index contributed by atoms with van der Waals surface area (Å²) in [5.41, 5.74) is 4.53. The first-order chi connectivity index (χ1) is 17.7. The van der Waals surface area contributed by atoms with Crippen molar-refractivity contribution in [2.45, 2.75) is 83.3 Å². The van der Waals surface area contributed by atoms with E-state index in [9.17, 15) is 13.2 Å². The van der Waals surface area contributed by atoms with Crippen molar-refractivity contribution in [1.82, 2.24) is 0 Å². The van der Waals surface area contributed by atoms with Crippen LogP contribution in [0.25, 0.3) is 0 Å². The third-order valence-corrected chi connectivity index (χ3v) is 8.50. The van der Waals surface area contributed by atoms with Crippen LogP contribution in [0.2, 0.25) is 0 Å². The van der Waals surface area contributed by atoms with Gasteiger partial charge in [-0.1, -0.05) is 59.2 Å². The fourth-order valence-corrected chi connectivity index (χ4v) is 5.97. The Morgan fingerprint density at radius 3 is 2.54 bits per heavy atom. The monoisotopic (exact) mass is 526 g/mol. The molecule has 1 aromatic carbocycles. The number of sulfone groups is 1. The van der Waals surface area contributed by atoms with Crippen LogP contribution < -0.4 is 0 Å². The molecule has 0 spiro atoms. The molecule has 1 aromatic rings. The van der Waals surface area contributed by atoms with E-state index in [0.717, 1.165) is 44.9 Å². The molecule has 1 saturated heterocycles. The maximum atomic E-state index is 13.2. The third kappa shape index (κ3) is 9.84. The molecule has 5 nitrogen and oxygen atoms in total. The summed E-state index contributed by atoms with van der Waals surface area (Å²) in [6, 6.07) is 8.17. The maximum absolute atomic E-state index is 13.2. The van der Waals surface area contributed by atoms with Crippen LogP contribution in [0, 0.1) is 5.92 Å². The van der Waals surface area contributed by atoms with Crippen LogP contribution in [0.5, 0.6) is 0 Å². The number of benzene rings is 1. The Labute approximate surface area is 223 Å². The van der Waals surface area contributed by atoms with Crippen LogP contribution in [0.1, 0.15) is 72.1 Å². The van der Waals surface area contributed by atoms with Gasteiger partial charge >= 0.3 is 0 Å². The van der Waals surface area contributed by atoms with Crippen molar-refractivity contribution in [3.8, 4) is 0 Å². The second kappa shape index (κ2) is 14.6. The van der Waals surface area contributed by atoms with Crippen molar-refractivity contribution < 1.29 is 22.7 Å². The summed E-state index contributed by atoms with van der Waals surface area (Å²) >= 11 is 0. The number of Topliss-reactive ketones (excluding diaryl/α,β-unsaturated/α-hetero) is 1. The van der Waals surface area contributed by atoms with E-state index >= 15 is 0 Å². The summed E-state index contributed by atoms with van der Waals surface area (Å²) < 4.78 is 37.5. The Morgan fingerprint density at radius 1 is 1.05 bits per heavy atom. The molecule has 3 rings (SSSR count). The Hall–Kier alpha value is -2.28. The van der Waals surface area contributed by atoms with Gasteiger partial charge in [-0.05, 0) is 84.3 Å². The van der Waals surface area contributed by atoms with Crippen molar-refractivity contribution in [1.29, 1.82) is 0 Å². The number of rotatable bonds is 13. The highest BCUT2D eigenvalue weighted by molar-refractivity contribution is 7.92. The molecule has 1 fully saturated rings. The van der Waals surface area contributed by atoms with E-state index in [2.05, 4.69) is 32.9 Å². The largest absolute Gasteiger partial charge is 0.353 e. The highest BCUT2D eigenvalue weighted by atomic mass is 32.2. The lowest BCUT2D eigenvalue weighted by atomic mass is 9.84. The predicted molar refractivity (Wildman–Crippen MR) is 149 cm³/mol. The van der Waals surface area contributed by atoms with Gasteiger partial charge in [-0.3, -0.25) is 4.79 Å². The number of hydrogen-bond donors (Lipinski definition) is 0. The molecule has 0 N–H and O–H groups in total. The summed E-state index contributed by atoms with van der Waals surface area (Å²) in [6.45, 7) is 7.47. The van der Waals surface area contributed by atoms with Crippen LogP contribution in [0.3, 0.4) is 0 Å². The summed E-state index contributed by atoms with van der Waals surface area (Å²) in [5, 5.41) is 0. The Morgan fingerprint density at radius 2 is 1.84 bits per heavy atom. The van der Waals surface area contributed by atoms with Gasteiger partial charge < -0.3 is 9.47 Å². The summed E-state index contributed by atoms with van der Waals surface area (Å²) in [7, 11) is -3.71. The standard InChI is InChI=1S/C31H42O5S/c1-24(2)11-9-12-25(3)13-10-14-26-18-19-29(27(21-26)22-36-31-17-7-8-20-35-31)30(32)23-37(33,34)28-15-5-4-6-16-28/h4-6,11,13,15-16,18-19,27,31H,7-10,12,14,17,20-23H2,1-3H3/b25-13+/t27-,31?/m1/s1. The van der Waals surface area contributed by atoms with Gasteiger partial charge in [-0.2, -0.15) is 0 Å². The molecule has 1 heterocycles. The third-order valence-electron chi connectivity index (χ3n) is 6.86. The van der Waals surface area contributed by atoms with Crippen molar-refractivity contribution in [2.75, 3.05) is 19.0 Å². The van der Waals surface area contributed by atoms with Crippen molar-refractivity contribution in [3.63, 3.8) is 0 Å². The van der Waals surface area contributed by atoms with Gasteiger partial charge in [0.2, 0.25) is 0 Å². The molecule has 6 heteroatoms. The van der Waals surface area contributed by atoms with E-state index in [1.54, 1.807) is 18.2 Å². The van der Waals surface area contributed by atoms with Gasteiger partial charge in [0, 0.05) is 18.1 Å². The minimum absolute atomic E-state index is 0.172. The van der Waals surface area contributed by atoms with Crippen molar-refractivity contribution in [3.05, 3.63) is 76.9 Å². The number of hydrogen-bond acceptors (Lipinski definition) is 5. The average molecular weight is 527 g/mol. The van der Waals surface area contributed by atoms with Crippen LogP contribution in [-0.2, 0) is 24.1 Å². The topological polar surface area (TPSA) is 69.7 Å². The Bertz CT molecular complexity index is 1120. The zero-order chi connectivity index (χ0) is 26.7. The first kappa shape index (κ1) is 29.3. The molecule has 202 valence electrons. The number of ketones is 1. The molecule has 1 unspecified atom stereocenters. The van der Waals surface area contributed by atoms with Crippen LogP contribution in [0.4, 0.5) is 0 Å². The normalized spacial score (nSPS) is 20.7. The van der Waals surface area contributed by atoms with E-state index in [1.807, 2.05) is 12.2 Å². The molecule has 1 aliphatic heterocycles. The fraction of sp³-hybridized carbons (Fsp3) is 0.516. The lowest BCUT2D eigenvalue weighted by molar-refractivity contribution is -0.167. The van der Waals surface area contributed by atoms with Crippen molar-refractivity contribution in [2.24, 2.45) is 5.92 Å². The average Bonchev–Trinajstić information content (AvgIpc) is 2.88. The molecule has 0 amide bonds. The van der Waals surface area contributed by atoms with E-state index in [1.165, 1.54) is 28.9 Å². The molecular weight excluding hydrogens is 484 g/mol.